The number of allylic oxidation sites excluding steroid dienone is 1. The molecule has 0 aliphatic carbocycles. The Morgan fingerprint density at radius 1 is 1.32 bits per heavy atom. The van der Waals surface area contributed by atoms with Crippen LogP contribution in [0.2, 0.25) is 0 Å². The van der Waals surface area contributed by atoms with Gasteiger partial charge < -0.3 is 9.72 Å². The standard InChI is InChI=1S/C19H22N2O/c1-3-11-10-21-16-8-13(11)19(22-2)17(21)9-14-12-6-4-5-7-15(12)20-18(14)16/h3-7,13,16-17,19-20H,8-10H2,1-2H3. The summed E-state index contributed by atoms with van der Waals surface area (Å²) in [5.74, 6) is 0.592. The molecule has 6 rings (SSSR count). The fraction of sp³-hybridized carbons (Fsp3) is 0.474. The number of hydrogen-bond donors (Lipinski definition) is 1. The monoisotopic (exact) mass is 294 g/mol. The molecule has 4 aliphatic rings. The average molecular weight is 294 g/mol. The van der Waals surface area contributed by atoms with Gasteiger partial charge in [-0.15, -0.1) is 0 Å². The lowest BCUT2D eigenvalue weighted by molar-refractivity contribution is -0.101. The number of aromatic nitrogens is 1. The van der Waals surface area contributed by atoms with Gasteiger partial charge in [0.05, 0.1) is 12.1 Å². The molecule has 3 heteroatoms. The highest BCUT2D eigenvalue weighted by Crippen LogP contribution is 2.52. The first-order chi connectivity index (χ1) is 10.8. The van der Waals surface area contributed by atoms with Gasteiger partial charge in [-0.1, -0.05) is 29.8 Å². The lowest BCUT2D eigenvalue weighted by Gasteiger charge is -2.57. The molecule has 114 valence electrons. The summed E-state index contributed by atoms with van der Waals surface area (Å²) in [5.41, 5.74) is 5.86. The van der Waals surface area contributed by atoms with Gasteiger partial charge in [0.25, 0.3) is 0 Å². The van der Waals surface area contributed by atoms with Crippen LogP contribution in [0.1, 0.15) is 30.6 Å². The van der Waals surface area contributed by atoms with Crippen molar-refractivity contribution < 1.29 is 4.74 Å². The van der Waals surface area contributed by atoms with Crippen molar-refractivity contribution >= 4 is 10.9 Å². The third kappa shape index (κ3) is 1.48. The maximum atomic E-state index is 5.95. The lowest BCUT2D eigenvalue weighted by Crippen LogP contribution is -2.63. The number of fused-ring (bicyclic) bond motifs is 4. The normalized spacial score (nSPS) is 37.7. The molecule has 1 aromatic carbocycles. The second kappa shape index (κ2) is 4.46. The zero-order valence-corrected chi connectivity index (χ0v) is 13.2. The molecule has 5 unspecified atom stereocenters. The molecule has 1 aromatic heterocycles. The summed E-state index contributed by atoms with van der Waals surface area (Å²) < 4.78 is 5.95. The van der Waals surface area contributed by atoms with E-state index in [1.54, 1.807) is 5.57 Å². The fourth-order valence-electron chi connectivity index (χ4n) is 5.19. The Hall–Kier alpha value is -1.58. The highest BCUT2D eigenvalue weighted by Gasteiger charge is 2.53. The molecule has 4 bridgehead atoms. The van der Waals surface area contributed by atoms with Gasteiger partial charge in [0.2, 0.25) is 0 Å². The van der Waals surface area contributed by atoms with E-state index in [2.05, 4.69) is 47.1 Å². The lowest BCUT2D eigenvalue weighted by atomic mass is 9.68. The van der Waals surface area contributed by atoms with E-state index >= 15 is 0 Å². The number of rotatable bonds is 1. The summed E-state index contributed by atoms with van der Waals surface area (Å²) in [4.78, 5) is 6.40. The molecule has 2 aromatic rings. The van der Waals surface area contributed by atoms with Gasteiger partial charge in [-0.25, -0.2) is 0 Å². The quantitative estimate of drug-likeness (QED) is 0.816. The van der Waals surface area contributed by atoms with Crippen LogP contribution >= 0.6 is 0 Å². The summed E-state index contributed by atoms with van der Waals surface area (Å²) >= 11 is 0. The number of nitrogens with one attached hydrogen (secondary N) is 1. The molecular weight excluding hydrogens is 272 g/mol. The maximum Gasteiger partial charge on any atom is 0.0796 e. The molecule has 5 atom stereocenters. The number of hydrogen-bond acceptors (Lipinski definition) is 2. The van der Waals surface area contributed by atoms with Gasteiger partial charge in [0, 0.05) is 42.2 Å². The van der Waals surface area contributed by atoms with Crippen LogP contribution < -0.4 is 0 Å². The molecular formula is C19H22N2O. The molecule has 0 amide bonds. The van der Waals surface area contributed by atoms with E-state index in [0.29, 0.717) is 24.1 Å². The first-order valence-electron chi connectivity index (χ1n) is 8.35. The van der Waals surface area contributed by atoms with E-state index in [0.717, 1.165) is 13.0 Å². The number of benzene rings is 1. The van der Waals surface area contributed by atoms with E-state index in [1.807, 2.05) is 7.11 Å². The molecule has 1 N–H and O–H groups in total. The van der Waals surface area contributed by atoms with E-state index in [9.17, 15) is 0 Å². The molecule has 5 heterocycles. The Bertz CT molecular complexity index is 775. The topological polar surface area (TPSA) is 28.3 Å². The fourth-order valence-corrected chi connectivity index (χ4v) is 5.19. The minimum Gasteiger partial charge on any atom is -0.379 e. The molecule has 3 fully saturated rings. The predicted molar refractivity (Wildman–Crippen MR) is 87.9 cm³/mol. The summed E-state index contributed by atoms with van der Waals surface area (Å²) in [5, 5.41) is 1.41. The molecule has 4 aliphatic heterocycles. The second-order valence-electron chi connectivity index (χ2n) is 6.93. The molecule has 3 saturated heterocycles. The van der Waals surface area contributed by atoms with Crippen molar-refractivity contribution in [2.75, 3.05) is 13.7 Å². The Balaban J connectivity index is 1.69. The molecule has 3 nitrogen and oxygen atoms in total. The van der Waals surface area contributed by atoms with Gasteiger partial charge in [-0.2, -0.15) is 0 Å². The zero-order chi connectivity index (χ0) is 14.8. The number of aromatic amines is 1. The minimum absolute atomic E-state index is 0.345. The van der Waals surface area contributed by atoms with Crippen molar-refractivity contribution in [2.24, 2.45) is 5.92 Å². The Morgan fingerprint density at radius 3 is 3.00 bits per heavy atom. The molecule has 22 heavy (non-hydrogen) atoms. The third-order valence-electron chi connectivity index (χ3n) is 6.16. The smallest absolute Gasteiger partial charge is 0.0796 e. The summed E-state index contributed by atoms with van der Waals surface area (Å²) in [6.45, 7) is 3.29. The van der Waals surface area contributed by atoms with Crippen LogP contribution in [0.15, 0.2) is 35.9 Å². The molecule has 0 radical (unpaired) electrons. The molecule has 0 saturated carbocycles. The second-order valence-corrected chi connectivity index (χ2v) is 6.93. The van der Waals surface area contributed by atoms with Gasteiger partial charge in [0.15, 0.2) is 0 Å². The van der Waals surface area contributed by atoms with Gasteiger partial charge in [-0.05, 0) is 31.4 Å². The van der Waals surface area contributed by atoms with Crippen LogP contribution in [0.4, 0.5) is 0 Å². The number of ether oxygens (including phenoxy) is 1. The predicted octanol–water partition coefficient (Wildman–Crippen LogP) is 3.43. The van der Waals surface area contributed by atoms with Crippen LogP contribution in [0.3, 0.4) is 0 Å². The van der Waals surface area contributed by atoms with Crippen LogP contribution in [-0.4, -0.2) is 35.7 Å². The zero-order valence-electron chi connectivity index (χ0n) is 13.2. The molecule has 0 spiro atoms. The first kappa shape index (κ1) is 12.9. The summed E-state index contributed by atoms with van der Waals surface area (Å²) in [7, 11) is 1.89. The van der Waals surface area contributed by atoms with Crippen molar-refractivity contribution in [2.45, 2.75) is 38.0 Å². The number of H-pyrrole nitrogens is 1. The number of methoxy groups -OCH3 is 1. The third-order valence-corrected chi connectivity index (χ3v) is 6.16. The van der Waals surface area contributed by atoms with E-state index in [4.69, 9.17) is 4.74 Å². The van der Waals surface area contributed by atoms with E-state index in [1.165, 1.54) is 28.6 Å². The van der Waals surface area contributed by atoms with Crippen molar-refractivity contribution in [1.29, 1.82) is 0 Å². The van der Waals surface area contributed by atoms with Gasteiger partial charge in [-0.3, -0.25) is 4.90 Å². The van der Waals surface area contributed by atoms with Crippen LogP contribution in [-0.2, 0) is 11.2 Å². The Morgan fingerprint density at radius 2 is 2.18 bits per heavy atom. The van der Waals surface area contributed by atoms with Gasteiger partial charge in [0.1, 0.15) is 0 Å². The van der Waals surface area contributed by atoms with Crippen LogP contribution in [0.5, 0.6) is 0 Å². The number of nitrogens with zero attached hydrogens (tertiary/aromatic N) is 1. The van der Waals surface area contributed by atoms with Crippen LogP contribution in [0.25, 0.3) is 10.9 Å². The van der Waals surface area contributed by atoms with Crippen LogP contribution in [0, 0.1) is 5.92 Å². The van der Waals surface area contributed by atoms with Crippen molar-refractivity contribution in [3.05, 3.63) is 47.2 Å². The Labute approximate surface area is 131 Å². The SMILES string of the molecule is CC=C1CN2C3CC1C(OC)C2Cc1c3[nH]c2ccccc12. The van der Waals surface area contributed by atoms with E-state index in [-0.39, 0.29) is 0 Å². The average Bonchev–Trinajstić information content (AvgIpc) is 2.93. The first-order valence-corrected chi connectivity index (χ1v) is 8.35. The minimum atomic E-state index is 0.345. The maximum absolute atomic E-state index is 5.95. The van der Waals surface area contributed by atoms with Crippen molar-refractivity contribution in [3.8, 4) is 0 Å². The number of para-hydroxylation sites is 1. The number of piperidine rings is 3. The highest BCUT2D eigenvalue weighted by atomic mass is 16.5. The highest BCUT2D eigenvalue weighted by molar-refractivity contribution is 5.85. The van der Waals surface area contributed by atoms with Gasteiger partial charge >= 0.3 is 0 Å². The van der Waals surface area contributed by atoms with Crippen molar-refractivity contribution in [3.63, 3.8) is 0 Å². The summed E-state index contributed by atoms with van der Waals surface area (Å²) in [6, 6.07) is 9.82. The summed E-state index contributed by atoms with van der Waals surface area (Å²) in [6.07, 6.45) is 4.96. The van der Waals surface area contributed by atoms with Crippen molar-refractivity contribution in [1.82, 2.24) is 9.88 Å². The largest absolute Gasteiger partial charge is 0.379 e. The Kier molecular flexibility index (Phi) is 2.62. The van der Waals surface area contributed by atoms with E-state index < -0.39 is 0 Å².